The van der Waals surface area contributed by atoms with E-state index >= 15 is 0 Å². The second-order valence-corrected chi connectivity index (χ2v) is 11.0. The van der Waals surface area contributed by atoms with Gasteiger partial charge in [0.1, 0.15) is 10.8 Å². The molecule has 1 aliphatic carbocycles. The van der Waals surface area contributed by atoms with E-state index in [1.807, 2.05) is 26.1 Å². The Kier molecular flexibility index (Phi) is 8.92. The first-order valence-electron chi connectivity index (χ1n) is 11.8. The number of thioether (sulfide) groups is 1. The third kappa shape index (κ3) is 6.04. The van der Waals surface area contributed by atoms with Crippen molar-refractivity contribution in [1.82, 2.24) is 14.8 Å². The summed E-state index contributed by atoms with van der Waals surface area (Å²) in [5.41, 5.74) is 1.53. The number of nitrogens with one attached hydrogen (secondary N) is 1. The van der Waals surface area contributed by atoms with Crippen molar-refractivity contribution in [2.45, 2.75) is 56.7 Å². The highest BCUT2D eigenvalue weighted by molar-refractivity contribution is 7.99. The molecule has 11 heteroatoms. The van der Waals surface area contributed by atoms with Crippen LogP contribution < -0.4 is 10.1 Å². The highest BCUT2D eigenvalue weighted by atomic mass is 35.5. The Morgan fingerprint density at radius 2 is 1.94 bits per heavy atom. The summed E-state index contributed by atoms with van der Waals surface area (Å²) in [6, 6.07) is 7.25. The first kappa shape index (κ1) is 26.5. The number of rotatable bonds is 8. The molecule has 1 aliphatic rings. The molecule has 0 saturated heterocycles. The molecule has 3 aromatic rings. The zero-order chi connectivity index (χ0) is 25.7. The number of hydrogen-bond donors (Lipinski definition) is 1. The Morgan fingerprint density at radius 1 is 1.19 bits per heavy atom. The number of ether oxygens (including phenoxy) is 2. The van der Waals surface area contributed by atoms with Crippen molar-refractivity contribution in [3.8, 4) is 5.75 Å². The van der Waals surface area contributed by atoms with Crippen LogP contribution in [0.1, 0.15) is 65.3 Å². The number of methoxy groups -OCH3 is 1. The van der Waals surface area contributed by atoms with Gasteiger partial charge in [-0.1, -0.05) is 48.3 Å². The summed E-state index contributed by atoms with van der Waals surface area (Å²) in [6.45, 7) is 1.87. The molecule has 0 fully saturated rings. The quantitative estimate of drug-likeness (QED) is 0.279. The van der Waals surface area contributed by atoms with Gasteiger partial charge in [0.25, 0.3) is 0 Å². The molecule has 4 rings (SSSR count). The summed E-state index contributed by atoms with van der Waals surface area (Å²) >= 11 is 8.95. The molecule has 8 nitrogen and oxygen atoms in total. The van der Waals surface area contributed by atoms with E-state index in [4.69, 9.17) is 21.1 Å². The van der Waals surface area contributed by atoms with Crippen molar-refractivity contribution in [2.24, 2.45) is 7.05 Å². The third-order valence-corrected chi connectivity index (χ3v) is 8.56. The number of aryl methyl sites for hydroxylation is 1. The van der Waals surface area contributed by atoms with Crippen LogP contribution in [0.3, 0.4) is 0 Å². The molecule has 1 atom stereocenters. The predicted octanol–water partition coefficient (Wildman–Crippen LogP) is 5.85. The largest absolute Gasteiger partial charge is 0.481 e. The van der Waals surface area contributed by atoms with Gasteiger partial charge in [0.15, 0.2) is 17.1 Å². The molecule has 1 aromatic carbocycles. The summed E-state index contributed by atoms with van der Waals surface area (Å²) in [7, 11) is 3.20. The van der Waals surface area contributed by atoms with Crippen LogP contribution in [0.4, 0.5) is 5.00 Å². The number of fused-ring (bicyclic) bond motifs is 1. The normalized spacial score (nSPS) is 14.3. The van der Waals surface area contributed by atoms with Gasteiger partial charge in [0, 0.05) is 11.9 Å². The van der Waals surface area contributed by atoms with E-state index in [-0.39, 0.29) is 11.7 Å². The zero-order valence-corrected chi connectivity index (χ0v) is 22.9. The maximum Gasteiger partial charge on any atom is 0.341 e. The summed E-state index contributed by atoms with van der Waals surface area (Å²) in [5.74, 6) is 0.680. The molecule has 0 bridgehead atoms. The maximum absolute atomic E-state index is 12.9. The van der Waals surface area contributed by atoms with Gasteiger partial charge in [-0.3, -0.25) is 4.79 Å². The zero-order valence-electron chi connectivity index (χ0n) is 20.5. The molecule has 1 amide bonds. The summed E-state index contributed by atoms with van der Waals surface area (Å²) < 4.78 is 12.8. The Balaban J connectivity index is 1.42. The number of nitrogens with zero attached hydrogens (tertiary/aromatic N) is 3. The number of benzene rings is 1. The van der Waals surface area contributed by atoms with Crippen molar-refractivity contribution in [2.75, 3.05) is 18.2 Å². The molecule has 36 heavy (non-hydrogen) atoms. The van der Waals surface area contributed by atoms with Gasteiger partial charge in [0.2, 0.25) is 5.91 Å². The van der Waals surface area contributed by atoms with Crippen molar-refractivity contribution in [3.63, 3.8) is 0 Å². The molecule has 2 heterocycles. The summed E-state index contributed by atoms with van der Waals surface area (Å²) in [6.07, 6.45) is 5.82. The summed E-state index contributed by atoms with van der Waals surface area (Å²) in [5, 5.41) is 13.1. The van der Waals surface area contributed by atoms with Crippen LogP contribution in [-0.2, 0) is 29.4 Å². The van der Waals surface area contributed by atoms with E-state index in [1.54, 1.807) is 16.7 Å². The number of aromatic nitrogens is 3. The maximum atomic E-state index is 12.9. The molecule has 2 aromatic heterocycles. The first-order valence-corrected chi connectivity index (χ1v) is 14.0. The molecular formula is C25H29ClN4O4S2. The number of halogens is 1. The molecule has 0 radical (unpaired) electrons. The van der Waals surface area contributed by atoms with Crippen LogP contribution in [0.15, 0.2) is 29.4 Å². The number of anilines is 1. The Hall–Kier alpha value is -2.56. The number of hydrogen-bond acceptors (Lipinski definition) is 8. The number of para-hydroxylation sites is 1. The lowest BCUT2D eigenvalue weighted by Crippen LogP contribution is -2.17. The van der Waals surface area contributed by atoms with Crippen molar-refractivity contribution in [3.05, 3.63) is 51.1 Å². The molecule has 1 N–H and O–H groups in total. The smallest absolute Gasteiger partial charge is 0.341 e. The van der Waals surface area contributed by atoms with E-state index in [0.717, 1.165) is 37.7 Å². The topological polar surface area (TPSA) is 95.3 Å². The molecule has 192 valence electrons. The lowest BCUT2D eigenvalue weighted by Gasteiger charge is -2.15. The average molecular weight is 549 g/mol. The van der Waals surface area contributed by atoms with E-state index < -0.39 is 12.1 Å². The Bertz CT molecular complexity index is 1240. The molecule has 0 aliphatic heterocycles. The van der Waals surface area contributed by atoms with Crippen LogP contribution in [0, 0.1) is 0 Å². The summed E-state index contributed by atoms with van der Waals surface area (Å²) in [4.78, 5) is 26.6. The molecule has 1 unspecified atom stereocenters. The minimum atomic E-state index is -0.401. The predicted molar refractivity (Wildman–Crippen MR) is 142 cm³/mol. The van der Waals surface area contributed by atoms with Gasteiger partial charge >= 0.3 is 5.97 Å². The third-order valence-electron chi connectivity index (χ3n) is 6.02. The molecular weight excluding hydrogens is 520 g/mol. The number of amides is 1. The first-order chi connectivity index (χ1) is 17.4. The van der Waals surface area contributed by atoms with Crippen LogP contribution >= 0.6 is 34.7 Å². The van der Waals surface area contributed by atoms with Gasteiger partial charge in [-0.05, 0) is 50.3 Å². The number of thiophene rings is 1. The number of carbonyl (C=O) groups excluding carboxylic acids is 2. The minimum Gasteiger partial charge on any atom is -0.481 e. The van der Waals surface area contributed by atoms with Crippen molar-refractivity contribution in [1.29, 1.82) is 0 Å². The fraction of sp³-hybridized carbons (Fsp3) is 0.440. The van der Waals surface area contributed by atoms with Gasteiger partial charge < -0.3 is 19.4 Å². The van der Waals surface area contributed by atoms with E-state index in [0.29, 0.717) is 32.3 Å². The van der Waals surface area contributed by atoms with Crippen LogP contribution in [0.5, 0.6) is 5.75 Å². The van der Waals surface area contributed by atoms with Crippen LogP contribution in [0.2, 0.25) is 5.02 Å². The van der Waals surface area contributed by atoms with Gasteiger partial charge in [-0.2, -0.15) is 0 Å². The standard InChI is InChI=1S/C25H29ClN4O4S2/c1-15(34-18-12-9-8-11-17(18)26)22-28-29-25(30(22)2)35-14-20(31)27-23-21(24(32)33-3)16-10-6-4-5-7-13-19(16)36-23/h8-9,11-12,15H,4-7,10,13-14H2,1-3H3,(H,27,31). The lowest BCUT2D eigenvalue weighted by atomic mass is 9.96. The highest BCUT2D eigenvalue weighted by Crippen LogP contribution is 2.38. The van der Waals surface area contributed by atoms with Crippen molar-refractivity contribution < 1.29 is 19.1 Å². The lowest BCUT2D eigenvalue weighted by molar-refractivity contribution is -0.113. The van der Waals surface area contributed by atoms with Crippen LogP contribution in [-0.4, -0.2) is 39.5 Å². The SMILES string of the molecule is COC(=O)c1c(NC(=O)CSc2nnc(C(C)Oc3ccccc3Cl)n2C)sc2c1CCCCCC2. The van der Waals surface area contributed by atoms with Gasteiger partial charge in [0.05, 0.1) is 23.4 Å². The number of carbonyl (C=O) groups is 2. The fourth-order valence-corrected chi connectivity index (χ4v) is 6.40. The average Bonchev–Trinajstić information content (AvgIpc) is 3.38. The minimum absolute atomic E-state index is 0.120. The molecule has 0 spiro atoms. The number of esters is 1. The van der Waals surface area contributed by atoms with Gasteiger partial charge in [-0.15, -0.1) is 21.5 Å². The fourth-order valence-electron chi connectivity index (χ4n) is 4.21. The van der Waals surface area contributed by atoms with E-state index in [2.05, 4.69) is 15.5 Å². The van der Waals surface area contributed by atoms with Gasteiger partial charge in [-0.25, -0.2) is 4.79 Å². The van der Waals surface area contributed by atoms with E-state index in [9.17, 15) is 9.59 Å². The Morgan fingerprint density at radius 3 is 2.69 bits per heavy atom. The second-order valence-electron chi connectivity index (χ2n) is 8.54. The molecule has 0 saturated carbocycles. The monoisotopic (exact) mass is 548 g/mol. The second kappa shape index (κ2) is 12.1. The highest BCUT2D eigenvalue weighted by Gasteiger charge is 2.26. The van der Waals surface area contributed by atoms with Crippen LogP contribution in [0.25, 0.3) is 0 Å². The van der Waals surface area contributed by atoms with E-state index in [1.165, 1.54) is 41.5 Å². The Labute approximate surface area is 223 Å². The van der Waals surface area contributed by atoms with Crippen molar-refractivity contribution >= 4 is 51.6 Å².